The number of methoxy groups -OCH3 is 1. The molecule has 6 nitrogen and oxygen atoms in total. The standard InChI is InChI=1S/C20H22Cl2N2O4/c1-10-6-11(2)23-19(26)14(10)8-24-5-4-12-15(21)7-13(16(9-25)28-3)18(22)17(12)20(24)27/h6-7,14,16,25H,4-5,8-9H2,1-3H3. The van der Waals surface area contributed by atoms with Crippen LogP contribution in [-0.4, -0.2) is 54.3 Å². The first-order valence-electron chi connectivity index (χ1n) is 8.99. The molecule has 1 N–H and O–H groups in total. The molecule has 2 heterocycles. The van der Waals surface area contributed by atoms with Crippen LogP contribution in [0.2, 0.25) is 10.0 Å². The highest BCUT2D eigenvalue weighted by atomic mass is 35.5. The Morgan fingerprint density at radius 1 is 1.36 bits per heavy atom. The summed E-state index contributed by atoms with van der Waals surface area (Å²) in [6, 6.07) is 1.64. The number of amides is 2. The average molecular weight is 425 g/mol. The van der Waals surface area contributed by atoms with Gasteiger partial charge in [0.25, 0.3) is 11.8 Å². The summed E-state index contributed by atoms with van der Waals surface area (Å²) in [4.78, 5) is 31.2. The van der Waals surface area contributed by atoms with Crippen molar-refractivity contribution in [2.45, 2.75) is 26.4 Å². The second-order valence-electron chi connectivity index (χ2n) is 7.06. The summed E-state index contributed by atoms with van der Waals surface area (Å²) in [6.45, 7) is 4.03. The van der Waals surface area contributed by atoms with Crippen LogP contribution in [0.15, 0.2) is 22.7 Å². The number of fused-ring (bicyclic) bond motifs is 1. The number of rotatable bonds is 5. The number of carbonyl (C=O) groups is 2. The minimum Gasteiger partial charge on any atom is -0.393 e. The lowest BCUT2D eigenvalue weighted by molar-refractivity contribution is -0.120. The first-order chi connectivity index (χ1) is 13.3. The topological polar surface area (TPSA) is 79.2 Å². The van der Waals surface area contributed by atoms with Crippen molar-refractivity contribution in [3.63, 3.8) is 0 Å². The molecule has 1 aromatic carbocycles. The van der Waals surface area contributed by atoms with Gasteiger partial charge >= 0.3 is 0 Å². The van der Waals surface area contributed by atoms with Crippen LogP contribution in [0.4, 0.5) is 0 Å². The number of ether oxygens (including phenoxy) is 1. The van der Waals surface area contributed by atoms with Gasteiger partial charge < -0.3 is 14.7 Å². The van der Waals surface area contributed by atoms with Gasteiger partial charge in [0.1, 0.15) is 6.10 Å². The molecular weight excluding hydrogens is 403 g/mol. The van der Waals surface area contributed by atoms with Crippen LogP contribution >= 0.6 is 23.2 Å². The van der Waals surface area contributed by atoms with E-state index in [1.54, 1.807) is 17.9 Å². The Hall–Kier alpha value is -1.73. The molecule has 0 aliphatic carbocycles. The second-order valence-corrected chi connectivity index (χ2v) is 7.84. The molecule has 0 saturated carbocycles. The van der Waals surface area contributed by atoms with E-state index in [-0.39, 0.29) is 30.0 Å². The summed E-state index contributed by atoms with van der Waals surface area (Å²) in [6.07, 6.45) is 1.71. The lowest BCUT2D eigenvalue weighted by Crippen LogP contribution is -2.43. The Morgan fingerprint density at radius 2 is 2.07 bits per heavy atom. The summed E-state index contributed by atoms with van der Waals surface area (Å²) in [5.74, 6) is -0.987. The number of aliphatic hydroxyl groups excluding tert-OH is 1. The largest absolute Gasteiger partial charge is 0.393 e. The minimum atomic E-state index is -0.680. The number of nitrogens with zero attached hydrogens (tertiary/aromatic N) is 2. The number of carbonyl (C=O) groups excluding carboxylic acids is 2. The molecule has 2 aliphatic heterocycles. The highest BCUT2D eigenvalue weighted by Crippen LogP contribution is 2.38. The normalized spacial score (nSPS) is 20.6. The molecular formula is C20H22Cl2N2O4. The molecule has 28 heavy (non-hydrogen) atoms. The van der Waals surface area contributed by atoms with Gasteiger partial charge in [0.05, 0.1) is 23.1 Å². The number of halogens is 2. The number of hydrogen-bond donors (Lipinski definition) is 1. The lowest BCUT2D eigenvalue weighted by Gasteiger charge is -2.33. The quantitative estimate of drug-likeness (QED) is 0.786. The van der Waals surface area contributed by atoms with E-state index in [0.29, 0.717) is 40.4 Å². The zero-order valence-electron chi connectivity index (χ0n) is 16.0. The fraction of sp³-hybridized carbons (Fsp3) is 0.450. The van der Waals surface area contributed by atoms with E-state index in [2.05, 4.69) is 4.99 Å². The van der Waals surface area contributed by atoms with E-state index in [4.69, 9.17) is 27.9 Å². The van der Waals surface area contributed by atoms with E-state index in [1.807, 2.05) is 13.0 Å². The molecule has 3 rings (SSSR count). The number of allylic oxidation sites excluding steroid dienone is 1. The van der Waals surface area contributed by atoms with E-state index < -0.39 is 12.0 Å². The molecule has 8 heteroatoms. The molecule has 0 aromatic heterocycles. The summed E-state index contributed by atoms with van der Waals surface area (Å²) in [5, 5.41) is 10.2. The molecule has 2 amide bonds. The second kappa shape index (κ2) is 8.33. The third-order valence-corrected chi connectivity index (χ3v) is 5.99. The number of hydrogen-bond acceptors (Lipinski definition) is 4. The van der Waals surface area contributed by atoms with Crippen LogP contribution < -0.4 is 0 Å². The van der Waals surface area contributed by atoms with Crippen molar-refractivity contribution < 1.29 is 19.4 Å². The summed E-state index contributed by atoms with van der Waals surface area (Å²) in [7, 11) is 1.45. The third-order valence-electron chi connectivity index (χ3n) is 5.25. The Balaban J connectivity index is 1.94. The maximum absolute atomic E-state index is 13.2. The number of aliphatic imine (C=N–C) groups is 1. The minimum absolute atomic E-state index is 0.228. The molecule has 2 atom stereocenters. The summed E-state index contributed by atoms with van der Waals surface area (Å²) < 4.78 is 5.25. The molecule has 0 spiro atoms. The maximum Gasteiger partial charge on any atom is 0.255 e. The van der Waals surface area contributed by atoms with Gasteiger partial charge in [0.15, 0.2) is 0 Å². The molecule has 0 bridgehead atoms. The highest BCUT2D eigenvalue weighted by Gasteiger charge is 2.34. The Morgan fingerprint density at radius 3 is 2.68 bits per heavy atom. The van der Waals surface area contributed by atoms with Gasteiger partial charge in [-0.1, -0.05) is 28.8 Å². The van der Waals surface area contributed by atoms with Gasteiger partial charge in [-0.2, -0.15) is 0 Å². The van der Waals surface area contributed by atoms with Crippen LogP contribution in [0.3, 0.4) is 0 Å². The SMILES string of the molecule is COC(CO)c1cc(Cl)c2c(c1Cl)C(=O)N(CC1C(=O)N=C(C)C=C1C)CC2. The van der Waals surface area contributed by atoms with Crippen molar-refractivity contribution in [2.24, 2.45) is 10.9 Å². The van der Waals surface area contributed by atoms with Gasteiger partial charge in [-0.3, -0.25) is 9.59 Å². The van der Waals surface area contributed by atoms with Crippen LogP contribution in [0, 0.1) is 5.92 Å². The highest BCUT2D eigenvalue weighted by molar-refractivity contribution is 6.37. The Kier molecular flexibility index (Phi) is 6.25. The summed E-state index contributed by atoms with van der Waals surface area (Å²) in [5.41, 5.74) is 3.02. The van der Waals surface area contributed by atoms with Crippen molar-refractivity contribution >= 4 is 40.7 Å². The van der Waals surface area contributed by atoms with Crippen LogP contribution in [0.1, 0.15) is 41.4 Å². The fourth-order valence-electron chi connectivity index (χ4n) is 3.72. The smallest absolute Gasteiger partial charge is 0.255 e. The van der Waals surface area contributed by atoms with Crippen molar-refractivity contribution in [2.75, 3.05) is 26.8 Å². The molecule has 0 radical (unpaired) electrons. The summed E-state index contributed by atoms with van der Waals surface area (Å²) >= 11 is 12.9. The predicted octanol–water partition coefficient (Wildman–Crippen LogP) is 3.24. The van der Waals surface area contributed by atoms with Crippen molar-refractivity contribution in [3.8, 4) is 0 Å². The monoisotopic (exact) mass is 424 g/mol. The van der Waals surface area contributed by atoms with E-state index in [9.17, 15) is 14.7 Å². The molecule has 150 valence electrons. The van der Waals surface area contributed by atoms with Crippen LogP contribution in [-0.2, 0) is 16.0 Å². The Labute approximate surface area is 173 Å². The van der Waals surface area contributed by atoms with Gasteiger partial charge in [-0.05, 0) is 38.0 Å². The lowest BCUT2D eigenvalue weighted by atomic mass is 9.91. The maximum atomic E-state index is 13.2. The van der Waals surface area contributed by atoms with E-state index >= 15 is 0 Å². The van der Waals surface area contributed by atoms with Gasteiger partial charge in [-0.15, -0.1) is 0 Å². The zero-order chi connectivity index (χ0) is 20.6. The molecule has 0 saturated heterocycles. The van der Waals surface area contributed by atoms with Crippen molar-refractivity contribution in [3.05, 3.63) is 44.5 Å². The van der Waals surface area contributed by atoms with Crippen LogP contribution in [0.5, 0.6) is 0 Å². The number of benzene rings is 1. The average Bonchev–Trinajstić information content (AvgIpc) is 2.64. The number of dihydropyridines is 1. The molecule has 1 aromatic rings. The predicted molar refractivity (Wildman–Crippen MR) is 108 cm³/mol. The van der Waals surface area contributed by atoms with E-state index in [0.717, 1.165) is 5.57 Å². The molecule has 2 unspecified atom stereocenters. The first kappa shape index (κ1) is 21.0. The Bertz CT molecular complexity index is 891. The van der Waals surface area contributed by atoms with Crippen molar-refractivity contribution in [1.29, 1.82) is 0 Å². The fourth-order valence-corrected chi connectivity index (χ4v) is 4.39. The van der Waals surface area contributed by atoms with Gasteiger partial charge in [0.2, 0.25) is 0 Å². The third kappa shape index (κ3) is 3.74. The first-order valence-corrected chi connectivity index (χ1v) is 9.75. The van der Waals surface area contributed by atoms with Crippen molar-refractivity contribution in [1.82, 2.24) is 4.90 Å². The van der Waals surface area contributed by atoms with Gasteiger partial charge in [0, 0.05) is 36.5 Å². The zero-order valence-corrected chi connectivity index (χ0v) is 17.5. The van der Waals surface area contributed by atoms with Crippen LogP contribution in [0.25, 0.3) is 0 Å². The molecule has 2 aliphatic rings. The van der Waals surface area contributed by atoms with E-state index in [1.165, 1.54) is 7.11 Å². The number of aliphatic hydroxyl groups is 1. The van der Waals surface area contributed by atoms with Gasteiger partial charge in [-0.25, -0.2) is 4.99 Å². The molecule has 0 fully saturated rings.